The van der Waals surface area contributed by atoms with Gasteiger partial charge in [-0.3, -0.25) is 4.79 Å². The number of hydrogen-bond donors (Lipinski definition) is 1. The van der Waals surface area contributed by atoms with Crippen molar-refractivity contribution in [2.45, 2.75) is 39.7 Å². The minimum absolute atomic E-state index is 0.00495. The number of amides is 1. The molecule has 94 valence electrons. The van der Waals surface area contributed by atoms with E-state index in [1.807, 2.05) is 23.6 Å². The molecule has 1 amide bonds. The number of nitrogens with one attached hydrogen (secondary N) is 1. The highest BCUT2D eigenvalue weighted by Gasteiger charge is 2.05. The van der Waals surface area contributed by atoms with Crippen molar-refractivity contribution in [3.05, 3.63) is 28.5 Å². The van der Waals surface area contributed by atoms with Gasteiger partial charge in [-0.2, -0.15) is 0 Å². The van der Waals surface area contributed by atoms with E-state index >= 15 is 0 Å². The third-order valence-corrected chi connectivity index (χ3v) is 3.35. The first-order chi connectivity index (χ1) is 8.08. The number of carbonyl (C=O) groups excluding carboxylic acids is 1. The van der Waals surface area contributed by atoms with Gasteiger partial charge >= 0.3 is 0 Å². The molecule has 17 heavy (non-hydrogen) atoms. The van der Waals surface area contributed by atoms with Gasteiger partial charge in [-0.15, -0.1) is 11.3 Å². The minimum Gasteiger partial charge on any atom is -0.350 e. The summed E-state index contributed by atoms with van der Waals surface area (Å²) in [5.41, 5.74) is 0. The number of hydrogen-bond acceptors (Lipinski definition) is 2. The smallest absolute Gasteiger partial charge is 0.244 e. The Morgan fingerprint density at radius 2 is 2.18 bits per heavy atom. The zero-order valence-corrected chi connectivity index (χ0v) is 11.6. The molecule has 1 aromatic rings. The molecule has 0 radical (unpaired) electrons. The van der Waals surface area contributed by atoms with E-state index in [1.165, 1.54) is 0 Å². The van der Waals surface area contributed by atoms with Crippen LogP contribution in [0.1, 0.15) is 38.5 Å². The van der Waals surface area contributed by atoms with Crippen molar-refractivity contribution in [3.63, 3.8) is 0 Å². The maximum atomic E-state index is 11.6. The van der Waals surface area contributed by atoms with Crippen molar-refractivity contribution in [2.24, 2.45) is 5.92 Å². The maximum Gasteiger partial charge on any atom is 0.244 e. The summed E-state index contributed by atoms with van der Waals surface area (Å²) in [4.78, 5) is 12.7. The van der Waals surface area contributed by atoms with Crippen LogP contribution in [0.5, 0.6) is 0 Å². The fraction of sp³-hybridized carbons (Fsp3) is 0.500. The van der Waals surface area contributed by atoms with Crippen molar-refractivity contribution in [1.29, 1.82) is 0 Å². The average molecular weight is 251 g/mol. The van der Waals surface area contributed by atoms with Gasteiger partial charge in [0.15, 0.2) is 0 Å². The quantitative estimate of drug-likeness (QED) is 0.767. The summed E-state index contributed by atoms with van der Waals surface area (Å²) in [7, 11) is 0. The molecule has 1 heterocycles. The molecule has 1 aromatic heterocycles. The molecule has 3 heteroatoms. The summed E-state index contributed by atoms with van der Waals surface area (Å²) in [6.07, 6.45) is 5.65. The van der Waals surface area contributed by atoms with Gasteiger partial charge in [0.05, 0.1) is 0 Å². The van der Waals surface area contributed by atoms with Crippen LogP contribution in [-0.2, 0) is 4.79 Å². The molecule has 0 saturated carbocycles. The van der Waals surface area contributed by atoms with Crippen molar-refractivity contribution < 1.29 is 4.79 Å². The first-order valence-corrected chi connectivity index (χ1v) is 6.98. The van der Waals surface area contributed by atoms with Gasteiger partial charge in [0.1, 0.15) is 0 Å². The summed E-state index contributed by atoms with van der Waals surface area (Å²) in [5.74, 6) is 0.686. The molecule has 0 spiro atoms. The maximum absolute atomic E-state index is 11.6. The molecule has 0 aliphatic heterocycles. The first-order valence-electron chi connectivity index (χ1n) is 6.10. The van der Waals surface area contributed by atoms with Crippen LogP contribution >= 0.6 is 11.3 Å². The minimum atomic E-state index is -0.00495. The summed E-state index contributed by atoms with van der Waals surface area (Å²) >= 11 is 1.63. The monoisotopic (exact) mass is 251 g/mol. The average Bonchev–Trinajstić information content (AvgIpc) is 2.76. The van der Waals surface area contributed by atoms with E-state index in [0.717, 1.165) is 17.7 Å². The Balaban J connectivity index is 2.29. The van der Waals surface area contributed by atoms with Gasteiger partial charge in [-0.05, 0) is 43.2 Å². The van der Waals surface area contributed by atoms with Crippen LogP contribution in [0.2, 0.25) is 0 Å². The lowest BCUT2D eigenvalue weighted by atomic mass is 10.0. The zero-order valence-electron chi connectivity index (χ0n) is 10.8. The molecule has 0 aliphatic rings. The highest BCUT2D eigenvalue weighted by molar-refractivity contribution is 7.10. The summed E-state index contributed by atoms with van der Waals surface area (Å²) < 4.78 is 0. The molecule has 1 rings (SSSR count). The van der Waals surface area contributed by atoms with E-state index in [4.69, 9.17) is 0 Å². The highest BCUT2D eigenvalue weighted by atomic mass is 32.1. The Kier molecular flexibility index (Phi) is 5.98. The lowest BCUT2D eigenvalue weighted by Gasteiger charge is -2.13. The van der Waals surface area contributed by atoms with Crippen LogP contribution in [0.15, 0.2) is 23.6 Å². The Hall–Kier alpha value is -1.09. The van der Waals surface area contributed by atoms with Gasteiger partial charge in [0.2, 0.25) is 5.91 Å². The van der Waals surface area contributed by atoms with Crippen molar-refractivity contribution >= 4 is 23.3 Å². The van der Waals surface area contributed by atoms with Crippen LogP contribution in [0.25, 0.3) is 6.08 Å². The summed E-state index contributed by atoms with van der Waals surface area (Å²) in [6.45, 7) is 6.45. The molecule has 1 unspecified atom stereocenters. The fourth-order valence-corrected chi connectivity index (χ4v) is 2.11. The van der Waals surface area contributed by atoms with Gasteiger partial charge in [-0.1, -0.05) is 19.9 Å². The van der Waals surface area contributed by atoms with E-state index in [0.29, 0.717) is 5.92 Å². The Labute approximate surface area is 108 Å². The highest BCUT2D eigenvalue weighted by Crippen LogP contribution is 2.10. The van der Waals surface area contributed by atoms with Crippen molar-refractivity contribution in [1.82, 2.24) is 5.32 Å². The first kappa shape index (κ1) is 14.0. The van der Waals surface area contributed by atoms with Crippen LogP contribution in [0, 0.1) is 5.92 Å². The standard InChI is InChI=1S/C14H21NOS/c1-11(2)6-7-12(3)15-14(16)9-8-13-5-4-10-17-13/h4-5,8-12H,6-7H2,1-3H3,(H,15,16)/b9-8+. The van der Waals surface area contributed by atoms with Crippen molar-refractivity contribution in [3.8, 4) is 0 Å². The molecule has 2 nitrogen and oxygen atoms in total. The van der Waals surface area contributed by atoms with E-state index in [9.17, 15) is 4.79 Å². The van der Waals surface area contributed by atoms with Crippen LogP contribution in [-0.4, -0.2) is 11.9 Å². The molecular weight excluding hydrogens is 230 g/mol. The second-order valence-corrected chi connectivity index (χ2v) is 5.71. The van der Waals surface area contributed by atoms with Crippen LogP contribution < -0.4 is 5.32 Å². The lowest BCUT2D eigenvalue weighted by molar-refractivity contribution is -0.117. The predicted octanol–water partition coefficient (Wildman–Crippen LogP) is 3.70. The Morgan fingerprint density at radius 3 is 2.76 bits per heavy atom. The Bertz CT molecular complexity index is 354. The van der Waals surface area contributed by atoms with Gasteiger partial charge < -0.3 is 5.32 Å². The number of carbonyl (C=O) groups is 1. The molecule has 0 aromatic carbocycles. The molecule has 1 N–H and O–H groups in total. The molecule has 0 bridgehead atoms. The fourth-order valence-electron chi connectivity index (χ4n) is 1.49. The topological polar surface area (TPSA) is 29.1 Å². The molecular formula is C14H21NOS. The van der Waals surface area contributed by atoms with E-state index in [-0.39, 0.29) is 11.9 Å². The van der Waals surface area contributed by atoms with Gasteiger partial charge in [-0.25, -0.2) is 0 Å². The van der Waals surface area contributed by atoms with E-state index in [1.54, 1.807) is 17.4 Å². The SMILES string of the molecule is CC(C)CCC(C)NC(=O)/C=C/c1cccs1. The number of thiophene rings is 1. The van der Waals surface area contributed by atoms with Crippen LogP contribution in [0.3, 0.4) is 0 Å². The lowest BCUT2D eigenvalue weighted by Crippen LogP contribution is -2.31. The summed E-state index contributed by atoms with van der Waals surface area (Å²) in [6, 6.07) is 4.22. The second kappa shape index (κ2) is 7.28. The van der Waals surface area contributed by atoms with E-state index < -0.39 is 0 Å². The zero-order chi connectivity index (χ0) is 12.7. The molecule has 0 saturated heterocycles. The Morgan fingerprint density at radius 1 is 1.41 bits per heavy atom. The second-order valence-electron chi connectivity index (χ2n) is 4.73. The largest absolute Gasteiger partial charge is 0.350 e. The number of rotatable bonds is 6. The molecule has 0 fully saturated rings. The van der Waals surface area contributed by atoms with Gasteiger partial charge in [0, 0.05) is 17.0 Å². The van der Waals surface area contributed by atoms with Crippen molar-refractivity contribution in [2.75, 3.05) is 0 Å². The molecule has 0 aliphatic carbocycles. The molecule has 1 atom stereocenters. The summed E-state index contributed by atoms with van der Waals surface area (Å²) in [5, 5.41) is 4.98. The predicted molar refractivity (Wildman–Crippen MR) is 75.0 cm³/mol. The van der Waals surface area contributed by atoms with E-state index in [2.05, 4.69) is 26.1 Å². The van der Waals surface area contributed by atoms with Crippen LogP contribution in [0.4, 0.5) is 0 Å². The normalized spacial score (nSPS) is 13.2. The third kappa shape index (κ3) is 6.27. The third-order valence-electron chi connectivity index (χ3n) is 2.51. The van der Waals surface area contributed by atoms with Gasteiger partial charge in [0.25, 0.3) is 0 Å².